The second kappa shape index (κ2) is 8.66. The van der Waals surface area contributed by atoms with Crippen LogP contribution in [0.15, 0.2) is 70.4 Å². The van der Waals surface area contributed by atoms with Gasteiger partial charge < -0.3 is 14.1 Å². The van der Waals surface area contributed by atoms with E-state index in [1.807, 2.05) is 42.2 Å². The summed E-state index contributed by atoms with van der Waals surface area (Å²) in [6, 6.07) is 14.2. The normalized spacial score (nSPS) is 16.6. The van der Waals surface area contributed by atoms with E-state index in [-0.39, 0.29) is 17.0 Å². The number of fused-ring (bicyclic) bond motifs is 1. The largest absolute Gasteiger partial charge is 0.454 e. The Morgan fingerprint density at radius 3 is 2.68 bits per heavy atom. The quantitative estimate of drug-likeness (QED) is 0.440. The Kier molecular flexibility index (Phi) is 5.66. The van der Waals surface area contributed by atoms with Crippen molar-refractivity contribution in [2.45, 2.75) is 18.0 Å². The van der Waals surface area contributed by atoms with E-state index in [1.165, 1.54) is 12.3 Å². The van der Waals surface area contributed by atoms with Gasteiger partial charge in [0, 0.05) is 48.0 Å². The van der Waals surface area contributed by atoms with Crippen molar-refractivity contribution >= 4 is 26.8 Å². The van der Waals surface area contributed by atoms with Crippen molar-refractivity contribution in [2.75, 3.05) is 26.0 Å². The van der Waals surface area contributed by atoms with Gasteiger partial charge in [-0.2, -0.15) is 0 Å². The van der Waals surface area contributed by atoms with Crippen molar-refractivity contribution in [1.29, 1.82) is 0 Å². The Hall–Kier alpha value is -3.56. The van der Waals surface area contributed by atoms with E-state index in [4.69, 9.17) is 9.15 Å². The maximum Gasteiger partial charge on any atom is 0.254 e. The molecule has 0 radical (unpaired) electrons. The molecular formula is C25H23N3O5S. The smallest absolute Gasteiger partial charge is 0.254 e. The second-order valence-electron chi connectivity index (χ2n) is 8.34. The average Bonchev–Trinajstić information content (AvgIpc) is 3.28. The zero-order valence-corrected chi connectivity index (χ0v) is 19.6. The van der Waals surface area contributed by atoms with E-state index < -0.39 is 9.84 Å². The van der Waals surface area contributed by atoms with Crippen LogP contribution in [-0.2, 0) is 14.6 Å². The number of nitrogens with zero attached hydrogens (tertiary/aromatic N) is 3. The fraction of sp³-hybridized carbons (Fsp3) is 0.240. The highest BCUT2D eigenvalue weighted by Crippen LogP contribution is 2.34. The third-order valence-electron chi connectivity index (χ3n) is 5.86. The molecule has 8 nitrogen and oxygen atoms in total. The number of pyridine rings is 2. The molecule has 4 aromatic rings. The van der Waals surface area contributed by atoms with E-state index in [0.717, 1.165) is 17.4 Å². The average molecular weight is 478 g/mol. The highest BCUT2D eigenvalue weighted by Gasteiger charge is 2.25. The molecule has 0 aliphatic carbocycles. The molecule has 0 unspecified atom stereocenters. The van der Waals surface area contributed by atoms with E-state index in [2.05, 4.69) is 9.97 Å². The minimum Gasteiger partial charge on any atom is -0.454 e. The third kappa shape index (κ3) is 4.20. The van der Waals surface area contributed by atoms with E-state index in [0.29, 0.717) is 47.7 Å². The molecule has 1 atom stereocenters. The first-order valence-electron chi connectivity index (χ1n) is 10.9. The number of sulfone groups is 1. The number of hydrogen-bond donors (Lipinski definition) is 0. The third-order valence-corrected chi connectivity index (χ3v) is 6.86. The molecule has 4 heterocycles. The van der Waals surface area contributed by atoms with Crippen molar-refractivity contribution in [3.05, 3.63) is 66.5 Å². The first-order valence-corrected chi connectivity index (χ1v) is 12.7. The summed E-state index contributed by atoms with van der Waals surface area (Å²) >= 11 is 0. The van der Waals surface area contributed by atoms with Gasteiger partial charge in [-0.3, -0.25) is 9.78 Å². The number of carbonyl (C=O) groups excluding carboxylic acids is 1. The van der Waals surface area contributed by atoms with Crippen LogP contribution in [0.1, 0.15) is 17.3 Å². The number of rotatable bonds is 4. The molecular weight excluding hydrogens is 454 g/mol. The van der Waals surface area contributed by atoms with E-state index in [9.17, 15) is 13.2 Å². The SMILES string of the molecule is C[C@@H]1COCCN1C(=O)c1cccc(-c2ccnc3cc(-c4ccc(S(C)(=O)=O)nc4)oc23)c1. The predicted octanol–water partition coefficient (Wildman–Crippen LogP) is 3.82. The molecule has 0 spiro atoms. The molecule has 3 aromatic heterocycles. The fourth-order valence-electron chi connectivity index (χ4n) is 4.07. The van der Waals surface area contributed by atoms with Crippen LogP contribution in [0.25, 0.3) is 33.6 Å². The van der Waals surface area contributed by atoms with Gasteiger partial charge in [0.1, 0.15) is 11.3 Å². The van der Waals surface area contributed by atoms with Crippen LogP contribution in [0.5, 0.6) is 0 Å². The number of morpholine rings is 1. The van der Waals surface area contributed by atoms with Gasteiger partial charge in [-0.25, -0.2) is 13.4 Å². The topological polar surface area (TPSA) is 103 Å². The van der Waals surface area contributed by atoms with Crippen LogP contribution in [0.3, 0.4) is 0 Å². The predicted molar refractivity (Wildman–Crippen MR) is 127 cm³/mol. The maximum absolute atomic E-state index is 13.1. The van der Waals surface area contributed by atoms with Crippen LogP contribution in [-0.4, -0.2) is 61.2 Å². The van der Waals surface area contributed by atoms with Gasteiger partial charge >= 0.3 is 0 Å². The van der Waals surface area contributed by atoms with Crippen LogP contribution in [0.4, 0.5) is 0 Å². The molecule has 1 aliphatic heterocycles. The molecule has 1 saturated heterocycles. The summed E-state index contributed by atoms with van der Waals surface area (Å²) in [5.74, 6) is 0.497. The molecule has 9 heteroatoms. The number of hydrogen-bond acceptors (Lipinski definition) is 7. The van der Waals surface area contributed by atoms with Crippen molar-refractivity contribution in [1.82, 2.24) is 14.9 Å². The van der Waals surface area contributed by atoms with Crippen molar-refractivity contribution in [2.24, 2.45) is 0 Å². The lowest BCUT2D eigenvalue weighted by Gasteiger charge is -2.33. The Bertz CT molecular complexity index is 1480. The Labute approximate surface area is 197 Å². The Morgan fingerprint density at radius 2 is 1.94 bits per heavy atom. The Morgan fingerprint density at radius 1 is 1.09 bits per heavy atom. The fourth-order valence-corrected chi connectivity index (χ4v) is 4.63. The molecule has 1 amide bonds. The molecule has 0 N–H and O–H groups in total. The molecule has 1 aliphatic rings. The minimum atomic E-state index is -3.38. The zero-order chi connectivity index (χ0) is 23.9. The van der Waals surface area contributed by atoms with Crippen LogP contribution >= 0.6 is 0 Å². The second-order valence-corrected chi connectivity index (χ2v) is 10.3. The van der Waals surface area contributed by atoms with Crippen molar-refractivity contribution in [3.63, 3.8) is 0 Å². The van der Waals surface area contributed by atoms with E-state index in [1.54, 1.807) is 18.3 Å². The molecule has 5 rings (SSSR count). The number of carbonyl (C=O) groups is 1. The number of benzene rings is 1. The summed E-state index contributed by atoms with van der Waals surface area (Å²) < 4.78 is 35.0. The lowest BCUT2D eigenvalue weighted by molar-refractivity contribution is 0.00360. The van der Waals surface area contributed by atoms with Crippen LogP contribution in [0, 0.1) is 0 Å². The molecule has 0 saturated carbocycles. The molecule has 1 fully saturated rings. The molecule has 174 valence electrons. The van der Waals surface area contributed by atoms with E-state index >= 15 is 0 Å². The maximum atomic E-state index is 13.1. The summed E-state index contributed by atoms with van der Waals surface area (Å²) in [6.45, 7) is 3.62. The summed E-state index contributed by atoms with van der Waals surface area (Å²) in [4.78, 5) is 23.4. The van der Waals surface area contributed by atoms with Gasteiger partial charge in [-0.05, 0) is 42.8 Å². The lowest BCUT2D eigenvalue weighted by atomic mass is 10.0. The molecule has 1 aromatic carbocycles. The Balaban J connectivity index is 1.51. The van der Waals surface area contributed by atoms with Gasteiger partial charge in [0.05, 0.1) is 19.3 Å². The molecule has 0 bridgehead atoms. The summed E-state index contributed by atoms with van der Waals surface area (Å²) in [5.41, 5.74) is 4.12. The summed E-state index contributed by atoms with van der Waals surface area (Å²) in [5, 5.41) is 0.00208. The van der Waals surface area contributed by atoms with Gasteiger partial charge in [-0.1, -0.05) is 12.1 Å². The first-order chi connectivity index (χ1) is 16.3. The summed E-state index contributed by atoms with van der Waals surface area (Å²) in [7, 11) is -3.38. The minimum absolute atomic E-state index is 0.00208. The van der Waals surface area contributed by atoms with Crippen molar-refractivity contribution < 1.29 is 22.4 Å². The van der Waals surface area contributed by atoms with Gasteiger partial charge in [0.15, 0.2) is 20.4 Å². The zero-order valence-electron chi connectivity index (χ0n) is 18.8. The summed E-state index contributed by atoms with van der Waals surface area (Å²) in [6.07, 6.45) is 4.28. The number of furan rings is 1. The van der Waals surface area contributed by atoms with Gasteiger partial charge in [0.25, 0.3) is 5.91 Å². The van der Waals surface area contributed by atoms with Gasteiger partial charge in [0.2, 0.25) is 0 Å². The van der Waals surface area contributed by atoms with Crippen LogP contribution < -0.4 is 0 Å². The highest BCUT2D eigenvalue weighted by molar-refractivity contribution is 7.90. The standard InChI is InChI=1S/C25H23N3O5S/c1-16-15-32-11-10-28(16)25(29)18-5-3-4-17(12-18)20-8-9-26-21-13-22(33-24(20)21)19-6-7-23(27-14-19)34(2,30)31/h3-9,12-14,16H,10-11,15H2,1-2H3/t16-/m1/s1. The van der Waals surface area contributed by atoms with Crippen molar-refractivity contribution in [3.8, 4) is 22.5 Å². The first kappa shape index (κ1) is 22.2. The van der Waals surface area contributed by atoms with Gasteiger partial charge in [-0.15, -0.1) is 0 Å². The number of amides is 1. The highest BCUT2D eigenvalue weighted by atomic mass is 32.2. The number of ether oxygens (including phenoxy) is 1. The van der Waals surface area contributed by atoms with Crippen LogP contribution in [0.2, 0.25) is 0 Å². The number of aromatic nitrogens is 2. The monoisotopic (exact) mass is 477 g/mol. The lowest BCUT2D eigenvalue weighted by Crippen LogP contribution is -2.47. The molecule has 34 heavy (non-hydrogen) atoms.